The first kappa shape index (κ1) is 12.4. The number of hydrogen-bond donors (Lipinski definition) is 2. The van der Waals surface area contributed by atoms with Gasteiger partial charge < -0.3 is 10.4 Å². The fraction of sp³-hybridized carbons (Fsp3) is 0.909. The molecule has 0 saturated carbocycles. The summed E-state index contributed by atoms with van der Waals surface area (Å²) in [5.41, 5.74) is -0.766. The molecule has 6 nitrogen and oxygen atoms in total. The van der Waals surface area contributed by atoms with Crippen LogP contribution in [-0.4, -0.2) is 43.5 Å². The quantitative estimate of drug-likeness (QED) is 0.775. The van der Waals surface area contributed by atoms with E-state index in [2.05, 4.69) is 20.7 Å². The van der Waals surface area contributed by atoms with Gasteiger partial charge in [0.05, 0.1) is 12.6 Å². The van der Waals surface area contributed by atoms with Crippen LogP contribution in [0, 0.1) is 0 Å². The molecule has 2 unspecified atom stereocenters. The lowest BCUT2D eigenvalue weighted by Crippen LogP contribution is -2.42. The van der Waals surface area contributed by atoms with Crippen molar-refractivity contribution in [2.75, 3.05) is 6.54 Å². The van der Waals surface area contributed by atoms with E-state index in [0.717, 1.165) is 19.4 Å². The third-order valence-corrected chi connectivity index (χ3v) is 3.19. The number of nitrogens with one attached hydrogen (secondary N) is 1. The fourth-order valence-electron chi connectivity index (χ4n) is 2.44. The van der Waals surface area contributed by atoms with E-state index < -0.39 is 5.60 Å². The van der Waals surface area contributed by atoms with Gasteiger partial charge in [-0.05, 0) is 37.9 Å². The summed E-state index contributed by atoms with van der Waals surface area (Å²) in [7, 11) is 1.73. The van der Waals surface area contributed by atoms with Gasteiger partial charge in [0.1, 0.15) is 0 Å². The number of tetrazole rings is 1. The molecule has 96 valence electrons. The highest BCUT2D eigenvalue weighted by Crippen LogP contribution is 2.21. The van der Waals surface area contributed by atoms with Crippen LogP contribution in [0.2, 0.25) is 0 Å². The zero-order chi connectivity index (χ0) is 12.3. The maximum atomic E-state index is 10.4. The summed E-state index contributed by atoms with van der Waals surface area (Å²) in [4.78, 5) is 1.42. The molecule has 1 aliphatic rings. The Morgan fingerprint density at radius 2 is 2.35 bits per heavy atom. The van der Waals surface area contributed by atoms with Crippen molar-refractivity contribution < 1.29 is 5.11 Å². The summed E-state index contributed by atoms with van der Waals surface area (Å²) in [6, 6.07) is 0.412. The van der Waals surface area contributed by atoms with Crippen molar-refractivity contribution in [3.8, 4) is 0 Å². The second-order valence-electron chi connectivity index (χ2n) is 5.22. The van der Waals surface area contributed by atoms with E-state index >= 15 is 0 Å². The molecule has 1 aromatic heterocycles. The Kier molecular flexibility index (Phi) is 3.73. The molecule has 1 fully saturated rings. The lowest BCUT2D eigenvalue weighted by atomic mass is 9.89. The standard InChI is InChI=1S/C11H21N5O/c1-11(17,7-9-5-3-4-6-12-9)8-10-13-15-16(2)14-10/h9,12,17H,3-8H2,1-2H3. The number of piperidine rings is 1. The molecule has 0 bridgehead atoms. The Bertz CT molecular complexity index is 356. The van der Waals surface area contributed by atoms with Crippen LogP contribution >= 0.6 is 0 Å². The first-order valence-corrected chi connectivity index (χ1v) is 6.24. The smallest absolute Gasteiger partial charge is 0.177 e. The maximum absolute atomic E-state index is 10.4. The first-order valence-electron chi connectivity index (χ1n) is 6.24. The van der Waals surface area contributed by atoms with Crippen LogP contribution in [0.1, 0.15) is 38.4 Å². The molecule has 2 N–H and O–H groups in total. The van der Waals surface area contributed by atoms with Crippen LogP contribution in [0.25, 0.3) is 0 Å². The highest BCUT2D eigenvalue weighted by atomic mass is 16.3. The third-order valence-electron chi connectivity index (χ3n) is 3.19. The SMILES string of the molecule is Cn1nnc(CC(C)(O)CC2CCCCN2)n1. The Morgan fingerprint density at radius 3 is 2.94 bits per heavy atom. The molecule has 6 heteroatoms. The molecule has 2 heterocycles. The van der Waals surface area contributed by atoms with Crippen molar-refractivity contribution in [1.82, 2.24) is 25.5 Å². The van der Waals surface area contributed by atoms with Gasteiger partial charge >= 0.3 is 0 Å². The minimum absolute atomic E-state index is 0.412. The van der Waals surface area contributed by atoms with Gasteiger partial charge in [-0.25, -0.2) is 0 Å². The van der Waals surface area contributed by atoms with Crippen molar-refractivity contribution >= 4 is 0 Å². The van der Waals surface area contributed by atoms with E-state index in [-0.39, 0.29) is 0 Å². The Labute approximate surface area is 101 Å². The molecule has 0 aliphatic carbocycles. The van der Waals surface area contributed by atoms with Gasteiger partial charge in [-0.2, -0.15) is 4.80 Å². The molecule has 0 spiro atoms. The zero-order valence-corrected chi connectivity index (χ0v) is 10.6. The molecular weight excluding hydrogens is 218 g/mol. The van der Waals surface area contributed by atoms with Gasteiger partial charge in [0.2, 0.25) is 0 Å². The second kappa shape index (κ2) is 5.10. The minimum atomic E-state index is -0.766. The van der Waals surface area contributed by atoms with E-state index in [1.807, 2.05) is 6.92 Å². The summed E-state index contributed by atoms with van der Waals surface area (Å²) >= 11 is 0. The second-order valence-corrected chi connectivity index (χ2v) is 5.22. The molecule has 1 saturated heterocycles. The van der Waals surface area contributed by atoms with Crippen molar-refractivity contribution in [3.63, 3.8) is 0 Å². The van der Waals surface area contributed by atoms with Gasteiger partial charge in [0.15, 0.2) is 5.82 Å². The molecule has 0 radical (unpaired) electrons. The molecule has 17 heavy (non-hydrogen) atoms. The molecule has 0 amide bonds. The molecule has 0 aromatic carbocycles. The van der Waals surface area contributed by atoms with Crippen LogP contribution in [-0.2, 0) is 13.5 Å². The highest BCUT2D eigenvalue weighted by molar-refractivity contribution is 4.91. The summed E-state index contributed by atoms with van der Waals surface area (Å²) in [5.74, 6) is 0.605. The normalized spacial score (nSPS) is 24.5. The average molecular weight is 239 g/mol. The van der Waals surface area contributed by atoms with Gasteiger partial charge in [-0.3, -0.25) is 0 Å². The summed E-state index contributed by atoms with van der Waals surface area (Å²) in [6.07, 6.45) is 4.83. The van der Waals surface area contributed by atoms with Gasteiger partial charge in [-0.15, -0.1) is 10.2 Å². The predicted octanol–water partition coefficient (Wildman–Crippen LogP) is 0.0358. The number of hydrogen-bond acceptors (Lipinski definition) is 5. The number of rotatable bonds is 4. The summed E-state index contributed by atoms with van der Waals surface area (Å²) in [6.45, 7) is 2.91. The van der Waals surface area contributed by atoms with E-state index in [9.17, 15) is 5.11 Å². The number of nitrogens with zero attached hydrogens (tertiary/aromatic N) is 4. The van der Waals surface area contributed by atoms with Crippen molar-refractivity contribution in [2.45, 2.75) is 50.7 Å². The Morgan fingerprint density at radius 1 is 1.53 bits per heavy atom. The van der Waals surface area contributed by atoms with Crippen LogP contribution < -0.4 is 5.32 Å². The van der Waals surface area contributed by atoms with Crippen LogP contribution in [0.3, 0.4) is 0 Å². The van der Waals surface area contributed by atoms with Crippen LogP contribution in [0.4, 0.5) is 0 Å². The van der Waals surface area contributed by atoms with E-state index in [0.29, 0.717) is 18.3 Å². The highest BCUT2D eigenvalue weighted by Gasteiger charge is 2.28. The van der Waals surface area contributed by atoms with Crippen molar-refractivity contribution in [3.05, 3.63) is 5.82 Å². The Hall–Kier alpha value is -1.01. The van der Waals surface area contributed by atoms with Gasteiger partial charge in [-0.1, -0.05) is 6.42 Å². The summed E-state index contributed by atoms with van der Waals surface area (Å²) < 4.78 is 0. The number of aromatic nitrogens is 4. The van der Waals surface area contributed by atoms with E-state index in [1.54, 1.807) is 7.05 Å². The van der Waals surface area contributed by atoms with Crippen LogP contribution in [0.15, 0.2) is 0 Å². The Balaban J connectivity index is 1.88. The number of aryl methyl sites for hydroxylation is 1. The van der Waals surface area contributed by atoms with Gasteiger partial charge in [0, 0.05) is 12.5 Å². The fourth-order valence-corrected chi connectivity index (χ4v) is 2.44. The maximum Gasteiger partial charge on any atom is 0.177 e. The minimum Gasteiger partial charge on any atom is -0.390 e. The van der Waals surface area contributed by atoms with E-state index in [4.69, 9.17) is 0 Å². The van der Waals surface area contributed by atoms with E-state index in [1.165, 1.54) is 17.6 Å². The molecule has 1 aromatic rings. The largest absolute Gasteiger partial charge is 0.390 e. The third kappa shape index (κ3) is 3.74. The number of aliphatic hydroxyl groups is 1. The predicted molar refractivity (Wildman–Crippen MR) is 63.4 cm³/mol. The van der Waals surface area contributed by atoms with Crippen molar-refractivity contribution in [1.29, 1.82) is 0 Å². The topological polar surface area (TPSA) is 75.9 Å². The summed E-state index contributed by atoms with van der Waals surface area (Å²) in [5, 5.41) is 25.6. The average Bonchev–Trinajstić information content (AvgIpc) is 2.63. The lowest BCUT2D eigenvalue weighted by molar-refractivity contribution is 0.0352. The molecule has 2 rings (SSSR count). The monoisotopic (exact) mass is 239 g/mol. The lowest BCUT2D eigenvalue weighted by Gasteiger charge is -2.30. The van der Waals surface area contributed by atoms with Crippen molar-refractivity contribution in [2.24, 2.45) is 7.05 Å². The molecule has 2 atom stereocenters. The first-order chi connectivity index (χ1) is 8.05. The molecule has 1 aliphatic heterocycles. The molecular formula is C11H21N5O. The van der Waals surface area contributed by atoms with Gasteiger partial charge in [0.25, 0.3) is 0 Å². The zero-order valence-electron chi connectivity index (χ0n) is 10.6. The van der Waals surface area contributed by atoms with Crippen LogP contribution in [0.5, 0.6) is 0 Å².